The molecule has 150 valence electrons. The Kier molecular flexibility index (Phi) is 9.08. The SMILES string of the molecule is I.NC(=NCc1ccc(N2CCOC2=O)cc1)NCCCN1CCOCC1. The maximum absolute atomic E-state index is 11.5. The summed E-state index contributed by atoms with van der Waals surface area (Å²) in [6.45, 7) is 7.07. The summed E-state index contributed by atoms with van der Waals surface area (Å²) in [4.78, 5) is 19.9. The average Bonchev–Trinajstić information content (AvgIpc) is 3.11. The fourth-order valence-electron chi connectivity index (χ4n) is 2.99. The van der Waals surface area contributed by atoms with E-state index >= 15 is 0 Å². The lowest BCUT2D eigenvalue weighted by atomic mass is 10.2. The van der Waals surface area contributed by atoms with E-state index in [-0.39, 0.29) is 30.1 Å². The van der Waals surface area contributed by atoms with Crippen molar-refractivity contribution in [1.82, 2.24) is 10.2 Å². The van der Waals surface area contributed by atoms with Gasteiger partial charge >= 0.3 is 6.09 Å². The molecule has 1 aromatic rings. The lowest BCUT2D eigenvalue weighted by Gasteiger charge is -2.26. The number of halogens is 1. The molecule has 2 heterocycles. The third-order valence-corrected chi connectivity index (χ3v) is 4.50. The number of nitrogens with zero attached hydrogens (tertiary/aromatic N) is 3. The van der Waals surface area contributed by atoms with E-state index in [0.29, 0.717) is 25.7 Å². The van der Waals surface area contributed by atoms with Crippen molar-refractivity contribution in [1.29, 1.82) is 0 Å². The van der Waals surface area contributed by atoms with Crippen LogP contribution in [0.4, 0.5) is 10.5 Å². The molecule has 1 amide bonds. The van der Waals surface area contributed by atoms with Gasteiger partial charge in [0.1, 0.15) is 6.61 Å². The molecule has 0 radical (unpaired) electrons. The minimum absolute atomic E-state index is 0. The van der Waals surface area contributed by atoms with E-state index in [1.165, 1.54) is 0 Å². The first-order valence-electron chi connectivity index (χ1n) is 9.09. The molecular weight excluding hydrogens is 461 g/mol. The van der Waals surface area contributed by atoms with Crippen molar-refractivity contribution in [2.45, 2.75) is 13.0 Å². The van der Waals surface area contributed by atoms with E-state index in [0.717, 1.165) is 57.1 Å². The fraction of sp³-hybridized carbons (Fsp3) is 0.556. The normalized spacial score (nSPS) is 18.1. The minimum atomic E-state index is -0.290. The number of hydrogen-bond donors (Lipinski definition) is 2. The molecule has 0 saturated carbocycles. The van der Waals surface area contributed by atoms with Gasteiger partial charge in [0.15, 0.2) is 5.96 Å². The predicted molar refractivity (Wildman–Crippen MR) is 116 cm³/mol. The Balaban J connectivity index is 0.00000261. The van der Waals surface area contributed by atoms with Crippen LogP contribution in [0.25, 0.3) is 0 Å². The molecule has 0 atom stereocenters. The van der Waals surface area contributed by atoms with Crippen LogP contribution in [-0.2, 0) is 16.0 Å². The molecule has 0 unspecified atom stereocenters. The van der Waals surface area contributed by atoms with Crippen molar-refractivity contribution < 1.29 is 14.3 Å². The Morgan fingerprint density at radius 3 is 2.56 bits per heavy atom. The summed E-state index contributed by atoms with van der Waals surface area (Å²) in [7, 11) is 0. The summed E-state index contributed by atoms with van der Waals surface area (Å²) in [5.41, 5.74) is 7.81. The Labute approximate surface area is 177 Å². The summed E-state index contributed by atoms with van der Waals surface area (Å²) in [6, 6.07) is 7.72. The second kappa shape index (κ2) is 11.3. The number of anilines is 1. The molecule has 2 aliphatic rings. The van der Waals surface area contributed by atoms with Gasteiger partial charge in [-0.2, -0.15) is 0 Å². The molecule has 2 fully saturated rings. The number of morpholine rings is 1. The quantitative estimate of drug-likeness (QED) is 0.260. The van der Waals surface area contributed by atoms with Gasteiger partial charge in [-0.15, -0.1) is 24.0 Å². The van der Waals surface area contributed by atoms with Crippen LogP contribution in [0, 0.1) is 0 Å². The maximum atomic E-state index is 11.5. The molecule has 8 nitrogen and oxygen atoms in total. The number of benzene rings is 1. The highest BCUT2D eigenvalue weighted by atomic mass is 127. The summed E-state index contributed by atoms with van der Waals surface area (Å²) < 4.78 is 10.3. The minimum Gasteiger partial charge on any atom is -0.447 e. The first kappa shape index (κ1) is 21.7. The Bertz CT molecular complexity index is 620. The second-order valence-corrected chi connectivity index (χ2v) is 6.37. The molecule has 0 aromatic heterocycles. The second-order valence-electron chi connectivity index (χ2n) is 6.37. The first-order valence-corrected chi connectivity index (χ1v) is 9.09. The van der Waals surface area contributed by atoms with E-state index in [1.807, 2.05) is 24.3 Å². The molecular formula is C18H28IN5O3. The zero-order valence-electron chi connectivity index (χ0n) is 15.4. The zero-order chi connectivity index (χ0) is 18.2. The molecule has 0 bridgehead atoms. The van der Waals surface area contributed by atoms with Crippen LogP contribution in [0.15, 0.2) is 29.3 Å². The van der Waals surface area contributed by atoms with E-state index in [2.05, 4.69) is 15.2 Å². The standard InChI is InChI=1S/C18H27N5O3.HI/c19-17(20-6-1-7-22-8-11-25-12-9-22)21-14-15-2-4-16(5-3-15)23-10-13-26-18(23)24;/h2-5H,1,6-14H2,(H3,19,20,21);1H. The van der Waals surface area contributed by atoms with Gasteiger partial charge in [0.05, 0.1) is 26.3 Å². The van der Waals surface area contributed by atoms with Crippen LogP contribution in [-0.4, -0.2) is 69.5 Å². The molecule has 1 aromatic carbocycles. The van der Waals surface area contributed by atoms with Gasteiger partial charge in [-0.05, 0) is 30.7 Å². The Morgan fingerprint density at radius 1 is 1.15 bits per heavy atom. The molecule has 2 saturated heterocycles. The van der Waals surface area contributed by atoms with Gasteiger partial charge in [0.25, 0.3) is 0 Å². The number of aliphatic imine (C=N–C) groups is 1. The molecule has 2 aliphatic heterocycles. The highest BCUT2D eigenvalue weighted by molar-refractivity contribution is 14.0. The highest BCUT2D eigenvalue weighted by Gasteiger charge is 2.23. The fourth-order valence-corrected chi connectivity index (χ4v) is 2.99. The monoisotopic (exact) mass is 489 g/mol. The number of guanidine groups is 1. The zero-order valence-corrected chi connectivity index (χ0v) is 17.8. The van der Waals surface area contributed by atoms with Crippen LogP contribution in [0.1, 0.15) is 12.0 Å². The van der Waals surface area contributed by atoms with Gasteiger partial charge in [0.2, 0.25) is 0 Å². The van der Waals surface area contributed by atoms with E-state index in [9.17, 15) is 4.79 Å². The lowest BCUT2D eigenvalue weighted by molar-refractivity contribution is 0.0376. The molecule has 3 rings (SSSR count). The molecule has 0 aliphatic carbocycles. The van der Waals surface area contributed by atoms with Crippen molar-refractivity contribution in [3.05, 3.63) is 29.8 Å². The number of ether oxygens (including phenoxy) is 2. The smallest absolute Gasteiger partial charge is 0.414 e. The van der Waals surface area contributed by atoms with Gasteiger partial charge in [0, 0.05) is 25.3 Å². The van der Waals surface area contributed by atoms with Crippen LogP contribution >= 0.6 is 24.0 Å². The summed E-state index contributed by atoms with van der Waals surface area (Å²) in [5, 5.41) is 3.15. The number of nitrogens with one attached hydrogen (secondary N) is 1. The van der Waals surface area contributed by atoms with Gasteiger partial charge in [-0.1, -0.05) is 12.1 Å². The van der Waals surface area contributed by atoms with Gasteiger partial charge in [-0.3, -0.25) is 9.80 Å². The van der Waals surface area contributed by atoms with Gasteiger partial charge < -0.3 is 20.5 Å². The van der Waals surface area contributed by atoms with Crippen molar-refractivity contribution >= 4 is 41.7 Å². The van der Waals surface area contributed by atoms with Crippen molar-refractivity contribution in [3.63, 3.8) is 0 Å². The predicted octanol–water partition coefficient (Wildman–Crippen LogP) is 1.39. The van der Waals surface area contributed by atoms with Crippen LogP contribution in [0.3, 0.4) is 0 Å². The summed E-state index contributed by atoms with van der Waals surface area (Å²) in [5.74, 6) is 0.458. The van der Waals surface area contributed by atoms with Gasteiger partial charge in [-0.25, -0.2) is 9.79 Å². The third-order valence-electron chi connectivity index (χ3n) is 4.50. The Hall–Kier alpha value is -1.59. The molecule has 3 N–H and O–H groups in total. The maximum Gasteiger partial charge on any atom is 0.414 e. The molecule has 27 heavy (non-hydrogen) atoms. The van der Waals surface area contributed by atoms with E-state index in [4.69, 9.17) is 15.2 Å². The number of cyclic esters (lactones) is 1. The number of amides is 1. The number of carbonyl (C=O) groups excluding carboxylic acids is 1. The van der Waals surface area contributed by atoms with Crippen LogP contribution in [0.2, 0.25) is 0 Å². The lowest BCUT2D eigenvalue weighted by Crippen LogP contribution is -2.39. The first-order chi connectivity index (χ1) is 12.7. The average molecular weight is 489 g/mol. The molecule has 9 heteroatoms. The van der Waals surface area contributed by atoms with Crippen molar-refractivity contribution in [2.24, 2.45) is 10.7 Å². The number of hydrogen-bond acceptors (Lipinski definition) is 5. The number of nitrogens with two attached hydrogens (primary N) is 1. The van der Waals surface area contributed by atoms with Crippen LogP contribution in [0.5, 0.6) is 0 Å². The van der Waals surface area contributed by atoms with E-state index < -0.39 is 0 Å². The van der Waals surface area contributed by atoms with Crippen molar-refractivity contribution in [3.8, 4) is 0 Å². The summed E-state index contributed by atoms with van der Waals surface area (Å²) >= 11 is 0. The Morgan fingerprint density at radius 2 is 1.89 bits per heavy atom. The topological polar surface area (TPSA) is 92.4 Å². The van der Waals surface area contributed by atoms with Crippen LogP contribution < -0.4 is 16.0 Å². The number of rotatable bonds is 7. The highest BCUT2D eigenvalue weighted by Crippen LogP contribution is 2.19. The number of carbonyl (C=O) groups is 1. The largest absolute Gasteiger partial charge is 0.447 e. The molecule has 0 spiro atoms. The van der Waals surface area contributed by atoms with E-state index in [1.54, 1.807) is 4.90 Å². The third kappa shape index (κ3) is 6.82. The summed E-state index contributed by atoms with van der Waals surface area (Å²) in [6.07, 6.45) is 0.734. The van der Waals surface area contributed by atoms with Crippen molar-refractivity contribution in [2.75, 3.05) is 57.4 Å².